The molecule has 0 aliphatic rings. The first-order chi connectivity index (χ1) is 9.77. The highest BCUT2D eigenvalue weighted by Gasteiger charge is 2.03. The van der Waals surface area contributed by atoms with Crippen molar-refractivity contribution in [1.29, 1.82) is 0 Å². The van der Waals surface area contributed by atoms with E-state index in [2.05, 4.69) is 31.3 Å². The van der Waals surface area contributed by atoms with Crippen LogP contribution in [0.4, 0.5) is 0 Å². The van der Waals surface area contributed by atoms with Gasteiger partial charge in [0.15, 0.2) is 0 Å². The van der Waals surface area contributed by atoms with E-state index < -0.39 is 0 Å². The maximum absolute atomic E-state index is 5.62. The van der Waals surface area contributed by atoms with Crippen LogP contribution in [0, 0.1) is 0 Å². The molecule has 0 amide bonds. The molecular weight excluding hydrogens is 254 g/mol. The molecule has 114 valence electrons. The fourth-order valence-corrected chi connectivity index (χ4v) is 1.79. The molecule has 1 rings (SSSR count). The Morgan fingerprint density at radius 3 is 2.40 bits per heavy atom. The first-order valence-electron chi connectivity index (χ1n) is 7.30. The first kappa shape index (κ1) is 17.0. The monoisotopic (exact) mass is 281 g/mol. The fourth-order valence-electron chi connectivity index (χ4n) is 1.79. The number of ether oxygens (including phenoxy) is 3. The molecule has 1 atom stereocenters. The van der Waals surface area contributed by atoms with Gasteiger partial charge in [-0.05, 0) is 37.6 Å². The minimum absolute atomic E-state index is 0.376. The fraction of sp³-hybridized carbons (Fsp3) is 0.625. The zero-order valence-corrected chi connectivity index (χ0v) is 12.9. The molecule has 0 bridgehead atoms. The van der Waals surface area contributed by atoms with Gasteiger partial charge in [-0.3, -0.25) is 0 Å². The Labute approximate surface area is 122 Å². The second kappa shape index (κ2) is 10.7. The molecule has 0 radical (unpaired) electrons. The molecule has 1 aromatic carbocycles. The van der Waals surface area contributed by atoms with Crippen molar-refractivity contribution < 1.29 is 14.2 Å². The third-order valence-electron chi connectivity index (χ3n) is 3.01. The minimum atomic E-state index is 0.376. The third kappa shape index (κ3) is 6.89. The van der Waals surface area contributed by atoms with Crippen LogP contribution in [0.2, 0.25) is 0 Å². The van der Waals surface area contributed by atoms with Crippen LogP contribution < -0.4 is 10.1 Å². The van der Waals surface area contributed by atoms with Crippen LogP contribution in [0.5, 0.6) is 5.75 Å². The van der Waals surface area contributed by atoms with E-state index in [4.69, 9.17) is 14.2 Å². The lowest BCUT2D eigenvalue weighted by atomic mass is 10.1. The van der Waals surface area contributed by atoms with Crippen molar-refractivity contribution in [2.75, 3.05) is 40.1 Å². The quantitative estimate of drug-likeness (QED) is 0.633. The normalized spacial score (nSPS) is 12.3. The summed E-state index contributed by atoms with van der Waals surface area (Å²) in [6, 6.07) is 8.60. The van der Waals surface area contributed by atoms with Crippen molar-refractivity contribution >= 4 is 0 Å². The number of hydrogen-bond donors (Lipinski definition) is 1. The summed E-state index contributed by atoms with van der Waals surface area (Å²) in [5, 5.41) is 3.47. The molecule has 1 aromatic rings. The van der Waals surface area contributed by atoms with Gasteiger partial charge >= 0.3 is 0 Å². The van der Waals surface area contributed by atoms with Crippen molar-refractivity contribution in [3.05, 3.63) is 29.8 Å². The lowest BCUT2D eigenvalue weighted by Crippen LogP contribution is -2.19. The highest BCUT2D eigenvalue weighted by atomic mass is 16.5. The van der Waals surface area contributed by atoms with Crippen LogP contribution in [0.1, 0.15) is 31.9 Å². The van der Waals surface area contributed by atoms with Crippen molar-refractivity contribution in [2.24, 2.45) is 0 Å². The number of nitrogens with one attached hydrogen (secondary N) is 1. The Hall–Kier alpha value is -1.10. The average Bonchev–Trinajstić information content (AvgIpc) is 2.49. The van der Waals surface area contributed by atoms with Gasteiger partial charge in [-0.25, -0.2) is 0 Å². The van der Waals surface area contributed by atoms with Crippen LogP contribution in [0.15, 0.2) is 24.3 Å². The topological polar surface area (TPSA) is 39.7 Å². The summed E-state index contributed by atoms with van der Waals surface area (Å²) >= 11 is 0. The number of rotatable bonds is 11. The molecule has 1 unspecified atom stereocenters. The smallest absolute Gasteiger partial charge is 0.119 e. The molecule has 0 saturated carbocycles. The van der Waals surface area contributed by atoms with Gasteiger partial charge in [0.05, 0.1) is 19.8 Å². The SMILES string of the molecule is CCCNC(C)c1ccc(OCCOCCOC)cc1. The second-order valence-corrected chi connectivity index (χ2v) is 4.70. The lowest BCUT2D eigenvalue weighted by Gasteiger charge is -2.14. The van der Waals surface area contributed by atoms with Gasteiger partial charge in [-0.1, -0.05) is 19.1 Å². The average molecular weight is 281 g/mol. The standard InChI is InChI=1S/C16H27NO3/c1-4-9-17-14(2)15-5-7-16(8-6-15)20-13-12-19-11-10-18-3/h5-8,14,17H,4,9-13H2,1-3H3. The van der Waals surface area contributed by atoms with E-state index in [0.717, 1.165) is 18.7 Å². The van der Waals surface area contributed by atoms with Crippen LogP contribution in [-0.2, 0) is 9.47 Å². The van der Waals surface area contributed by atoms with Gasteiger partial charge < -0.3 is 19.5 Å². The lowest BCUT2D eigenvalue weighted by molar-refractivity contribution is 0.0544. The predicted octanol–water partition coefficient (Wildman–Crippen LogP) is 2.79. The highest BCUT2D eigenvalue weighted by molar-refractivity contribution is 5.28. The van der Waals surface area contributed by atoms with Gasteiger partial charge in [0.25, 0.3) is 0 Å². The van der Waals surface area contributed by atoms with Crippen molar-refractivity contribution in [3.8, 4) is 5.75 Å². The first-order valence-corrected chi connectivity index (χ1v) is 7.30. The van der Waals surface area contributed by atoms with E-state index in [-0.39, 0.29) is 0 Å². The van der Waals surface area contributed by atoms with Crippen molar-refractivity contribution in [2.45, 2.75) is 26.3 Å². The molecule has 4 heteroatoms. The molecule has 0 heterocycles. The van der Waals surface area contributed by atoms with E-state index in [1.807, 2.05) is 12.1 Å². The largest absolute Gasteiger partial charge is 0.491 e. The highest BCUT2D eigenvalue weighted by Crippen LogP contribution is 2.17. The maximum atomic E-state index is 5.62. The molecule has 0 aliphatic carbocycles. The second-order valence-electron chi connectivity index (χ2n) is 4.70. The van der Waals surface area contributed by atoms with E-state index in [1.165, 1.54) is 5.56 Å². The summed E-state index contributed by atoms with van der Waals surface area (Å²) < 4.78 is 15.9. The number of benzene rings is 1. The van der Waals surface area contributed by atoms with Crippen LogP contribution >= 0.6 is 0 Å². The van der Waals surface area contributed by atoms with E-state index >= 15 is 0 Å². The zero-order chi connectivity index (χ0) is 14.6. The Kier molecular flexibility index (Phi) is 9.04. The summed E-state index contributed by atoms with van der Waals surface area (Å²) in [5.74, 6) is 0.881. The van der Waals surface area contributed by atoms with Crippen molar-refractivity contribution in [1.82, 2.24) is 5.32 Å². The summed E-state index contributed by atoms with van der Waals surface area (Å²) in [6.07, 6.45) is 1.15. The number of hydrogen-bond acceptors (Lipinski definition) is 4. The maximum Gasteiger partial charge on any atom is 0.119 e. The van der Waals surface area contributed by atoms with Gasteiger partial charge in [0.2, 0.25) is 0 Å². The Bertz CT molecular complexity index is 340. The molecular formula is C16H27NO3. The molecule has 4 nitrogen and oxygen atoms in total. The summed E-state index contributed by atoms with van der Waals surface area (Å²) in [4.78, 5) is 0. The summed E-state index contributed by atoms with van der Waals surface area (Å²) in [5.41, 5.74) is 1.28. The van der Waals surface area contributed by atoms with Gasteiger partial charge in [0.1, 0.15) is 12.4 Å². The van der Waals surface area contributed by atoms with Crippen LogP contribution in [-0.4, -0.2) is 40.1 Å². The van der Waals surface area contributed by atoms with E-state index in [9.17, 15) is 0 Å². The minimum Gasteiger partial charge on any atom is -0.491 e. The Morgan fingerprint density at radius 1 is 1.05 bits per heavy atom. The van der Waals surface area contributed by atoms with E-state index in [0.29, 0.717) is 32.5 Å². The summed E-state index contributed by atoms with van der Waals surface area (Å²) in [7, 11) is 1.66. The van der Waals surface area contributed by atoms with Gasteiger partial charge in [-0.2, -0.15) is 0 Å². The van der Waals surface area contributed by atoms with Gasteiger partial charge in [-0.15, -0.1) is 0 Å². The molecule has 0 aliphatic heterocycles. The van der Waals surface area contributed by atoms with Crippen LogP contribution in [0.3, 0.4) is 0 Å². The molecule has 20 heavy (non-hydrogen) atoms. The Balaban J connectivity index is 2.24. The molecule has 0 fully saturated rings. The van der Waals surface area contributed by atoms with Crippen LogP contribution in [0.25, 0.3) is 0 Å². The molecule has 1 N–H and O–H groups in total. The summed E-state index contributed by atoms with van der Waals surface area (Å²) in [6.45, 7) is 7.77. The third-order valence-corrected chi connectivity index (χ3v) is 3.01. The Morgan fingerprint density at radius 2 is 1.75 bits per heavy atom. The molecule has 0 saturated heterocycles. The van der Waals surface area contributed by atoms with Gasteiger partial charge in [0, 0.05) is 13.2 Å². The molecule has 0 aromatic heterocycles. The molecule has 0 spiro atoms. The number of methoxy groups -OCH3 is 1. The predicted molar refractivity (Wildman–Crippen MR) is 81.3 cm³/mol. The van der Waals surface area contributed by atoms with Crippen molar-refractivity contribution in [3.63, 3.8) is 0 Å². The van der Waals surface area contributed by atoms with E-state index in [1.54, 1.807) is 7.11 Å². The zero-order valence-electron chi connectivity index (χ0n) is 12.9.